The molecule has 2 nitrogen and oxygen atoms in total. The number of nitrogens with one attached hydrogen (secondary N) is 1. The lowest BCUT2D eigenvalue weighted by Crippen LogP contribution is -2.21. The number of allylic oxidation sites excluding steroid dienone is 1. The van der Waals surface area contributed by atoms with Crippen molar-refractivity contribution < 1.29 is 4.84 Å². The van der Waals surface area contributed by atoms with Crippen molar-refractivity contribution in [3.8, 4) is 0 Å². The Bertz CT molecular complexity index is 1160. The highest BCUT2D eigenvalue weighted by Gasteiger charge is 2.24. The van der Waals surface area contributed by atoms with Gasteiger partial charge >= 0.3 is 0 Å². The van der Waals surface area contributed by atoms with Crippen molar-refractivity contribution in [2.45, 2.75) is 19.8 Å². The van der Waals surface area contributed by atoms with Crippen LogP contribution in [0.5, 0.6) is 0 Å². The molecule has 1 unspecified atom stereocenters. The molecule has 160 valence electrons. The van der Waals surface area contributed by atoms with E-state index < -0.39 is 0 Å². The number of rotatable bonds is 7. The molecule has 1 N–H and O–H groups in total. The number of hydrogen-bond acceptors (Lipinski definition) is 2. The second kappa shape index (κ2) is 10.1. The van der Waals surface area contributed by atoms with Crippen LogP contribution in [0.25, 0.3) is 5.57 Å². The van der Waals surface area contributed by atoms with Gasteiger partial charge in [0.05, 0.1) is 18.7 Å². The summed E-state index contributed by atoms with van der Waals surface area (Å²) in [4.78, 5) is 5.59. The third-order valence-corrected chi connectivity index (χ3v) is 5.72. The summed E-state index contributed by atoms with van der Waals surface area (Å²) in [6.45, 7) is 4.23. The summed E-state index contributed by atoms with van der Waals surface area (Å²) in [5.41, 5.74) is 12.6. The summed E-state index contributed by atoms with van der Waals surface area (Å²) in [6.07, 6.45) is 0. The molecule has 2 heteroatoms. The molecule has 0 saturated heterocycles. The maximum atomic E-state index is 5.59. The van der Waals surface area contributed by atoms with Gasteiger partial charge in [-0.15, -0.1) is 0 Å². The van der Waals surface area contributed by atoms with Crippen LogP contribution in [0.3, 0.4) is 0 Å². The van der Waals surface area contributed by atoms with Crippen molar-refractivity contribution in [3.05, 3.63) is 148 Å². The van der Waals surface area contributed by atoms with Crippen molar-refractivity contribution in [1.29, 1.82) is 0 Å². The van der Waals surface area contributed by atoms with Gasteiger partial charge in [0.1, 0.15) is 0 Å². The predicted octanol–water partition coefficient (Wildman–Crippen LogP) is 7.05. The van der Waals surface area contributed by atoms with Crippen LogP contribution in [-0.2, 0) is 4.84 Å². The van der Waals surface area contributed by atoms with Crippen LogP contribution < -0.4 is 5.48 Å². The van der Waals surface area contributed by atoms with Gasteiger partial charge in [0.2, 0.25) is 0 Å². The minimum absolute atomic E-state index is 0.0201. The maximum absolute atomic E-state index is 5.59. The lowest BCUT2D eigenvalue weighted by Gasteiger charge is -2.26. The Hall–Kier alpha value is -3.62. The monoisotopic (exact) mass is 419 g/mol. The molecular formula is C30H29NO. The fraction of sp³-hybridized carbons (Fsp3) is 0.133. The summed E-state index contributed by atoms with van der Waals surface area (Å²) >= 11 is 0. The summed E-state index contributed by atoms with van der Waals surface area (Å²) in [5.74, 6) is -0.0201. The van der Waals surface area contributed by atoms with Gasteiger partial charge in [0.25, 0.3) is 0 Å². The summed E-state index contributed by atoms with van der Waals surface area (Å²) in [7, 11) is 1.68. The average molecular weight is 420 g/mol. The van der Waals surface area contributed by atoms with Crippen LogP contribution in [0, 0.1) is 13.8 Å². The molecule has 4 rings (SSSR count). The van der Waals surface area contributed by atoms with E-state index in [1.807, 2.05) is 6.07 Å². The van der Waals surface area contributed by atoms with Crippen LogP contribution in [0.15, 0.2) is 115 Å². The predicted molar refractivity (Wildman–Crippen MR) is 133 cm³/mol. The first-order chi connectivity index (χ1) is 15.7. The van der Waals surface area contributed by atoms with Crippen molar-refractivity contribution in [2.75, 3.05) is 7.11 Å². The van der Waals surface area contributed by atoms with Gasteiger partial charge in [-0.05, 0) is 36.1 Å². The molecule has 0 saturated carbocycles. The van der Waals surface area contributed by atoms with E-state index in [4.69, 9.17) is 4.84 Å². The molecule has 0 heterocycles. The molecule has 4 aromatic carbocycles. The van der Waals surface area contributed by atoms with Crippen molar-refractivity contribution in [1.82, 2.24) is 5.48 Å². The smallest absolute Gasteiger partial charge is 0.0636 e. The highest BCUT2D eigenvalue weighted by Crippen LogP contribution is 2.38. The fourth-order valence-electron chi connectivity index (χ4n) is 4.10. The molecule has 0 aliphatic heterocycles. The van der Waals surface area contributed by atoms with Gasteiger partial charge in [0.15, 0.2) is 0 Å². The van der Waals surface area contributed by atoms with Gasteiger partial charge < -0.3 is 0 Å². The first kappa shape index (κ1) is 21.6. The lowest BCUT2D eigenvalue weighted by molar-refractivity contribution is 0.114. The van der Waals surface area contributed by atoms with E-state index in [1.165, 1.54) is 22.3 Å². The quantitative estimate of drug-likeness (QED) is 0.324. The molecule has 0 fully saturated rings. The van der Waals surface area contributed by atoms with E-state index >= 15 is 0 Å². The van der Waals surface area contributed by atoms with E-state index in [9.17, 15) is 0 Å². The van der Waals surface area contributed by atoms with E-state index in [-0.39, 0.29) is 5.92 Å². The summed E-state index contributed by atoms with van der Waals surface area (Å²) in [5, 5.41) is 0. The van der Waals surface area contributed by atoms with Gasteiger partial charge in [-0.25, -0.2) is 0 Å². The molecule has 0 aromatic heterocycles. The normalized spacial score (nSPS) is 12.7. The largest absolute Gasteiger partial charge is 0.280 e. The van der Waals surface area contributed by atoms with Crippen LogP contribution >= 0.6 is 0 Å². The second-order valence-electron chi connectivity index (χ2n) is 8.08. The molecule has 0 aliphatic rings. The van der Waals surface area contributed by atoms with E-state index in [1.54, 1.807) is 7.11 Å². The molecule has 0 aliphatic carbocycles. The van der Waals surface area contributed by atoms with Crippen LogP contribution in [0.2, 0.25) is 0 Å². The second-order valence-corrected chi connectivity index (χ2v) is 8.08. The standard InChI is InChI=1S/C30H29NO/c1-22-14-18-26(19-15-22)28(24-10-6-4-7-11-24)30(31-32-3)29(25-12-8-5-9-13-25)27-20-16-23(2)17-21-27/h4-21,28,31H,1-3H3. The molecular weight excluding hydrogens is 390 g/mol. The fourth-order valence-corrected chi connectivity index (χ4v) is 4.10. The molecule has 4 aromatic rings. The van der Waals surface area contributed by atoms with Crippen molar-refractivity contribution >= 4 is 5.57 Å². The Morgan fingerprint density at radius 2 is 1.06 bits per heavy atom. The van der Waals surface area contributed by atoms with Gasteiger partial charge in [0, 0.05) is 5.57 Å². The zero-order chi connectivity index (χ0) is 22.3. The Morgan fingerprint density at radius 1 is 0.594 bits per heavy atom. The number of benzene rings is 4. The maximum Gasteiger partial charge on any atom is 0.0636 e. The molecule has 0 spiro atoms. The lowest BCUT2D eigenvalue weighted by atomic mass is 9.83. The van der Waals surface area contributed by atoms with Crippen LogP contribution in [0.4, 0.5) is 0 Å². The van der Waals surface area contributed by atoms with E-state index in [0.717, 1.165) is 22.4 Å². The number of hydroxylamine groups is 1. The Balaban J connectivity index is 2.03. The zero-order valence-corrected chi connectivity index (χ0v) is 18.9. The molecule has 1 atom stereocenters. The Labute approximate surface area is 191 Å². The molecule has 32 heavy (non-hydrogen) atoms. The minimum atomic E-state index is -0.0201. The van der Waals surface area contributed by atoms with E-state index in [2.05, 4.69) is 122 Å². The minimum Gasteiger partial charge on any atom is -0.280 e. The first-order valence-electron chi connectivity index (χ1n) is 10.9. The highest BCUT2D eigenvalue weighted by molar-refractivity contribution is 5.83. The highest BCUT2D eigenvalue weighted by atomic mass is 16.6. The van der Waals surface area contributed by atoms with Crippen LogP contribution in [-0.4, -0.2) is 7.11 Å². The third-order valence-electron chi connectivity index (χ3n) is 5.72. The van der Waals surface area contributed by atoms with Crippen LogP contribution in [0.1, 0.15) is 39.3 Å². The van der Waals surface area contributed by atoms with Gasteiger partial charge in [-0.1, -0.05) is 120 Å². The zero-order valence-electron chi connectivity index (χ0n) is 18.9. The van der Waals surface area contributed by atoms with Gasteiger partial charge in [-0.3, -0.25) is 10.3 Å². The summed E-state index contributed by atoms with van der Waals surface area (Å²) < 4.78 is 0. The van der Waals surface area contributed by atoms with Gasteiger partial charge in [-0.2, -0.15) is 0 Å². The third kappa shape index (κ3) is 4.82. The Kier molecular flexibility index (Phi) is 6.84. The molecule has 0 bridgehead atoms. The number of hydrogen-bond donors (Lipinski definition) is 1. The SMILES string of the molecule is CONC(=C(c1ccccc1)c1ccc(C)cc1)C(c1ccccc1)c1ccc(C)cc1. The Morgan fingerprint density at radius 3 is 1.62 bits per heavy atom. The molecule has 0 amide bonds. The molecule has 0 radical (unpaired) electrons. The number of aryl methyl sites for hydroxylation is 2. The summed E-state index contributed by atoms with van der Waals surface area (Å²) in [6, 6.07) is 38.6. The first-order valence-corrected chi connectivity index (χ1v) is 10.9. The van der Waals surface area contributed by atoms with Crippen molar-refractivity contribution in [2.24, 2.45) is 0 Å². The topological polar surface area (TPSA) is 21.3 Å². The van der Waals surface area contributed by atoms with E-state index in [0.29, 0.717) is 0 Å². The van der Waals surface area contributed by atoms with Crippen molar-refractivity contribution in [3.63, 3.8) is 0 Å². The average Bonchev–Trinajstić information content (AvgIpc) is 2.83.